The van der Waals surface area contributed by atoms with Gasteiger partial charge in [-0.25, -0.2) is 8.78 Å². The topological polar surface area (TPSA) is 81.3 Å². The highest BCUT2D eigenvalue weighted by Gasteiger charge is 2.19. The van der Waals surface area contributed by atoms with Crippen LogP contribution in [-0.4, -0.2) is 30.8 Å². The minimum Gasteiger partial charge on any atom is -0.325 e. The summed E-state index contributed by atoms with van der Waals surface area (Å²) in [5.74, 6) is -2.08. The van der Waals surface area contributed by atoms with E-state index in [1.165, 1.54) is 17.4 Å². The Balaban J connectivity index is 1.44. The summed E-state index contributed by atoms with van der Waals surface area (Å²) in [5.41, 5.74) is 0.687. The Labute approximate surface area is 191 Å². The third-order valence-electron chi connectivity index (χ3n) is 4.61. The Hall–Kier alpha value is -3.09. The Morgan fingerprint density at radius 1 is 1.09 bits per heavy atom. The fourth-order valence-corrected chi connectivity index (χ4v) is 5.45. The Bertz CT molecular complexity index is 1510. The third-order valence-corrected chi connectivity index (χ3v) is 7.29. The highest BCUT2D eigenvalue weighted by Crippen LogP contribution is 2.25. The molecule has 0 aliphatic heterocycles. The molecule has 1 N–H and O–H groups in total. The molecule has 0 saturated heterocycles. The number of carbonyl (C=O) groups excluding carboxylic acids is 1. The number of aromatic nitrogens is 4. The van der Waals surface area contributed by atoms with Crippen LogP contribution in [0.3, 0.4) is 0 Å². The van der Waals surface area contributed by atoms with Crippen LogP contribution in [0, 0.1) is 11.6 Å². The SMILES string of the molecule is O=C(CSc1nnc2n(Cc3cccs3)c(=O)c3sccc3n12)Nc1ccc(F)c(F)c1. The van der Waals surface area contributed by atoms with Gasteiger partial charge < -0.3 is 5.32 Å². The molecular formula is C20H13F2N5O2S3. The Kier molecular flexibility index (Phi) is 5.49. The lowest BCUT2D eigenvalue weighted by Gasteiger charge is -2.08. The van der Waals surface area contributed by atoms with Gasteiger partial charge in [-0.05, 0) is 35.0 Å². The zero-order valence-electron chi connectivity index (χ0n) is 16.1. The van der Waals surface area contributed by atoms with Gasteiger partial charge in [0.25, 0.3) is 5.56 Å². The number of carbonyl (C=O) groups is 1. The number of thioether (sulfide) groups is 1. The van der Waals surface area contributed by atoms with E-state index in [1.54, 1.807) is 20.3 Å². The van der Waals surface area contributed by atoms with Crippen molar-refractivity contribution in [2.45, 2.75) is 11.7 Å². The summed E-state index contributed by atoms with van der Waals surface area (Å²) in [5, 5.41) is 15.2. The number of halogens is 2. The van der Waals surface area contributed by atoms with E-state index in [9.17, 15) is 18.4 Å². The molecule has 12 heteroatoms. The summed E-state index contributed by atoms with van der Waals surface area (Å²) in [4.78, 5) is 26.4. The van der Waals surface area contributed by atoms with Crippen molar-refractivity contribution >= 4 is 62.0 Å². The first-order valence-corrected chi connectivity index (χ1v) is 12.0. The molecule has 0 aliphatic rings. The van der Waals surface area contributed by atoms with Gasteiger partial charge in [-0.2, -0.15) is 0 Å². The second-order valence-electron chi connectivity index (χ2n) is 6.69. The van der Waals surface area contributed by atoms with Crippen molar-refractivity contribution in [2.24, 2.45) is 0 Å². The van der Waals surface area contributed by atoms with E-state index in [0.29, 0.717) is 27.7 Å². The molecule has 0 atom stereocenters. The molecule has 32 heavy (non-hydrogen) atoms. The molecule has 0 fully saturated rings. The fourth-order valence-electron chi connectivity index (χ4n) is 3.20. The molecule has 0 aliphatic carbocycles. The van der Waals surface area contributed by atoms with Crippen molar-refractivity contribution in [3.8, 4) is 0 Å². The molecule has 5 rings (SSSR count). The maximum Gasteiger partial charge on any atom is 0.273 e. The van der Waals surface area contributed by atoms with Crippen LogP contribution in [0.1, 0.15) is 4.88 Å². The quantitative estimate of drug-likeness (QED) is 0.361. The number of nitrogens with zero attached hydrogens (tertiary/aromatic N) is 4. The van der Waals surface area contributed by atoms with Crippen molar-refractivity contribution in [3.63, 3.8) is 0 Å². The summed E-state index contributed by atoms with van der Waals surface area (Å²) in [6, 6.07) is 8.83. The Morgan fingerprint density at radius 2 is 1.97 bits per heavy atom. The van der Waals surface area contributed by atoms with E-state index in [-0.39, 0.29) is 17.0 Å². The van der Waals surface area contributed by atoms with Crippen molar-refractivity contribution in [3.05, 3.63) is 74.0 Å². The molecule has 4 heterocycles. The summed E-state index contributed by atoms with van der Waals surface area (Å²) >= 11 is 4.01. The summed E-state index contributed by atoms with van der Waals surface area (Å²) in [6.45, 7) is 0.368. The van der Waals surface area contributed by atoms with Crippen LogP contribution in [-0.2, 0) is 11.3 Å². The zero-order valence-corrected chi connectivity index (χ0v) is 18.6. The number of nitrogens with one attached hydrogen (secondary N) is 1. The number of fused-ring (bicyclic) bond motifs is 3. The molecule has 7 nitrogen and oxygen atoms in total. The van der Waals surface area contributed by atoms with Gasteiger partial charge in [0.2, 0.25) is 11.7 Å². The second-order valence-corrected chi connectivity index (χ2v) is 9.58. The van der Waals surface area contributed by atoms with E-state index in [1.807, 2.05) is 29.0 Å². The summed E-state index contributed by atoms with van der Waals surface area (Å²) in [6.07, 6.45) is 0. The molecule has 5 aromatic rings. The van der Waals surface area contributed by atoms with Gasteiger partial charge in [-0.1, -0.05) is 17.8 Å². The standard InChI is InChI=1S/C20H13F2N5O2S3/c21-13-4-3-11(8-14(13)22)23-16(28)10-32-20-25-24-19-26(9-12-2-1-6-30-12)18(29)17-15(27(19)20)5-7-31-17/h1-8H,9-10H2,(H,23,28). The number of anilines is 1. The van der Waals surface area contributed by atoms with Crippen LogP contribution in [0.15, 0.2) is 57.1 Å². The number of hydrogen-bond acceptors (Lipinski definition) is 7. The largest absolute Gasteiger partial charge is 0.325 e. The summed E-state index contributed by atoms with van der Waals surface area (Å²) in [7, 11) is 0. The van der Waals surface area contributed by atoms with Crippen LogP contribution in [0.2, 0.25) is 0 Å². The van der Waals surface area contributed by atoms with Gasteiger partial charge in [-0.3, -0.25) is 18.6 Å². The molecule has 0 bridgehead atoms. The van der Waals surface area contributed by atoms with E-state index < -0.39 is 17.5 Å². The maximum atomic E-state index is 13.4. The molecule has 0 saturated carbocycles. The molecule has 0 spiro atoms. The predicted molar refractivity (Wildman–Crippen MR) is 122 cm³/mol. The fraction of sp³-hybridized carbons (Fsp3) is 0.100. The number of amides is 1. The van der Waals surface area contributed by atoms with Gasteiger partial charge in [0.1, 0.15) is 4.70 Å². The number of hydrogen-bond donors (Lipinski definition) is 1. The molecule has 4 aromatic heterocycles. The lowest BCUT2D eigenvalue weighted by atomic mass is 10.3. The maximum absolute atomic E-state index is 13.4. The third kappa shape index (κ3) is 3.80. The highest BCUT2D eigenvalue weighted by molar-refractivity contribution is 7.99. The van der Waals surface area contributed by atoms with Gasteiger partial charge in [0, 0.05) is 16.6 Å². The minimum absolute atomic E-state index is 0.0323. The molecular weight excluding hydrogens is 476 g/mol. The normalized spacial score (nSPS) is 11.4. The van der Waals surface area contributed by atoms with E-state index in [2.05, 4.69) is 15.5 Å². The van der Waals surface area contributed by atoms with Gasteiger partial charge in [-0.15, -0.1) is 32.9 Å². The molecule has 1 amide bonds. The van der Waals surface area contributed by atoms with E-state index in [0.717, 1.165) is 28.8 Å². The van der Waals surface area contributed by atoms with Gasteiger partial charge in [0.15, 0.2) is 16.8 Å². The average molecular weight is 490 g/mol. The first kappa shape index (κ1) is 20.8. The monoisotopic (exact) mass is 489 g/mol. The smallest absolute Gasteiger partial charge is 0.273 e. The lowest BCUT2D eigenvalue weighted by molar-refractivity contribution is -0.113. The first-order valence-electron chi connectivity index (χ1n) is 9.26. The number of rotatable bonds is 6. The molecule has 1 aromatic carbocycles. The van der Waals surface area contributed by atoms with Crippen molar-refractivity contribution in [1.29, 1.82) is 0 Å². The van der Waals surface area contributed by atoms with Crippen LogP contribution < -0.4 is 10.9 Å². The van der Waals surface area contributed by atoms with Gasteiger partial charge >= 0.3 is 0 Å². The van der Waals surface area contributed by atoms with E-state index >= 15 is 0 Å². The number of thiophene rings is 2. The van der Waals surface area contributed by atoms with Crippen LogP contribution >= 0.6 is 34.4 Å². The zero-order chi connectivity index (χ0) is 22.2. The van der Waals surface area contributed by atoms with Gasteiger partial charge in [0.05, 0.1) is 17.8 Å². The molecule has 162 valence electrons. The van der Waals surface area contributed by atoms with Crippen molar-refractivity contribution in [1.82, 2.24) is 19.2 Å². The van der Waals surface area contributed by atoms with Crippen LogP contribution in [0.5, 0.6) is 0 Å². The average Bonchev–Trinajstić information content (AvgIpc) is 3.52. The Morgan fingerprint density at radius 3 is 2.75 bits per heavy atom. The molecule has 0 radical (unpaired) electrons. The van der Waals surface area contributed by atoms with Crippen molar-refractivity contribution in [2.75, 3.05) is 11.1 Å². The predicted octanol–water partition coefficient (Wildman–Crippen LogP) is 4.22. The summed E-state index contributed by atoms with van der Waals surface area (Å²) < 4.78 is 30.3. The number of benzene rings is 1. The molecule has 0 unspecified atom stereocenters. The minimum atomic E-state index is -1.04. The second kappa shape index (κ2) is 8.45. The first-order chi connectivity index (χ1) is 15.5. The van der Waals surface area contributed by atoms with Crippen molar-refractivity contribution < 1.29 is 13.6 Å². The van der Waals surface area contributed by atoms with Crippen LogP contribution in [0.25, 0.3) is 16.0 Å². The highest BCUT2D eigenvalue weighted by atomic mass is 32.2. The van der Waals surface area contributed by atoms with E-state index in [4.69, 9.17) is 0 Å². The lowest BCUT2D eigenvalue weighted by Crippen LogP contribution is -2.22. The van der Waals surface area contributed by atoms with Crippen LogP contribution in [0.4, 0.5) is 14.5 Å².